The lowest BCUT2D eigenvalue weighted by Crippen LogP contribution is -2.46. The van der Waals surface area contributed by atoms with E-state index in [2.05, 4.69) is 5.32 Å². The molecule has 0 bridgehead atoms. The van der Waals surface area contributed by atoms with Crippen LogP contribution in [-0.4, -0.2) is 23.8 Å². The molecule has 2 nitrogen and oxygen atoms in total. The van der Waals surface area contributed by atoms with E-state index in [1.54, 1.807) is 26.0 Å². The van der Waals surface area contributed by atoms with Gasteiger partial charge in [-0.2, -0.15) is 0 Å². The highest BCUT2D eigenvalue weighted by Gasteiger charge is 2.25. The maximum Gasteiger partial charge on any atom is 0.123 e. The molecule has 0 aliphatic heterocycles. The fraction of sp³-hybridized carbons (Fsp3) is 0.571. The molecule has 0 aromatic heterocycles. The average Bonchev–Trinajstić information content (AvgIpc) is 2.29. The lowest BCUT2D eigenvalue weighted by Gasteiger charge is -2.29. The highest BCUT2D eigenvalue weighted by Crippen LogP contribution is 2.14. The van der Waals surface area contributed by atoms with Gasteiger partial charge >= 0.3 is 0 Å². The summed E-state index contributed by atoms with van der Waals surface area (Å²) in [5.74, 6) is -0.233. The molecule has 3 heteroatoms. The molecule has 0 fully saturated rings. The zero-order valence-corrected chi connectivity index (χ0v) is 11.4. The predicted molar refractivity (Wildman–Crippen MR) is 70.6 cm³/mol. The van der Waals surface area contributed by atoms with Gasteiger partial charge in [-0.25, -0.2) is 4.39 Å². The van der Waals surface area contributed by atoms with Gasteiger partial charge < -0.3 is 10.4 Å². The molecule has 0 saturated carbocycles. The molecule has 2 N–H and O–H groups in total. The maximum atomic E-state index is 12.7. The summed E-state index contributed by atoms with van der Waals surface area (Å²) in [4.78, 5) is 0. The van der Waals surface area contributed by atoms with Crippen LogP contribution in [0.2, 0.25) is 0 Å². The Morgan fingerprint density at radius 1 is 1.24 bits per heavy atom. The van der Waals surface area contributed by atoms with Crippen molar-refractivity contribution in [2.45, 2.75) is 45.8 Å². The summed E-state index contributed by atoms with van der Waals surface area (Å²) >= 11 is 0. The van der Waals surface area contributed by atoms with Crippen LogP contribution < -0.4 is 5.32 Å². The topological polar surface area (TPSA) is 32.3 Å². The third-order valence-electron chi connectivity index (χ3n) is 2.55. The second kappa shape index (κ2) is 7.41. The van der Waals surface area contributed by atoms with Crippen LogP contribution in [0.1, 0.15) is 33.3 Å². The molecule has 0 amide bonds. The third-order valence-corrected chi connectivity index (χ3v) is 2.55. The summed E-state index contributed by atoms with van der Waals surface area (Å²) in [5, 5.41) is 12.9. The van der Waals surface area contributed by atoms with Crippen molar-refractivity contribution in [2.24, 2.45) is 0 Å². The first-order valence-electron chi connectivity index (χ1n) is 6.07. The molecular weight excluding hydrogens is 217 g/mol. The van der Waals surface area contributed by atoms with Crippen molar-refractivity contribution in [2.75, 3.05) is 7.05 Å². The summed E-state index contributed by atoms with van der Waals surface area (Å²) in [7, 11) is 1.81. The Hall–Kier alpha value is -0.930. The van der Waals surface area contributed by atoms with Crippen molar-refractivity contribution in [1.29, 1.82) is 0 Å². The van der Waals surface area contributed by atoms with Gasteiger partial charge in [0.15, 0.2) is 0 Å². The van der Waals surface area contributed by atoms with E-state index in [0.29, 0.717) is 6.42 Å². The number of benzene rings is 1. The van der Waals surface area contributed by atoms with E-state index in [9.17, 15) is 9.50 Å². The summed E-state index contributed by atoms with van der Waals surface area (Å²) in [6.45, 7) is 7.52. The molecule has 0 radical (unpaired) electrons. The van der Waals surface area contributed by atoms with Gasteiger partial charge in [0.1, 0.15) is 5.82 Å². The van der Waals surface area contributed by atoms with E-state index in [1.807, 2.05) is 20.9 Å². The molecule has 0 heterocycles. The molecule has 1 aromatic rings. The van der Waals surface area contributed by atoms with E-state index < -0.39 is 5.60 Å². The lowest BCUT2D eigenvalue weighted by molar-refractivity contribution is 0.0406. The molecule has 1 aromatic carbocycles. The number of likely N-dealkylation sites (N-methyl/N-ethyl adjacent to an activating group) is 1. The Kier molecular flexibility index (Phi) is 7.00. The largest absolute Gasteiger partial charge is 0.389 e. The maximum absolute atomic E-state index is 12.7. The molecule has 0 aliphatic carbocycles. The van der Waals surface area contributed by atoms with Gasteiger partial charge in [0, 0.05) is 6.04 Å². The quantitative estimate of drug-likeness (QED) is 0.849. The number of halogens is 1. The molecule has 17 heavy (non-hydrogen) atoms. The van der Waals surface area contributed by atoms with E-state index in [-0.39, 0.29) is 11.9 Å². The first kappa shape index (κ1) is 16.1. The van der Waals surface area contributed by atoms with Gasteiger partial charge in [-0.1, -0.05) is 26.0 Å². The van der Waals surface area contributed by atoms with Crippen molar-refractivity contribution in [3.8, 4) is 0 Å². The zero-order valence-electron chi connectivity index (χ0n) is 11.4. The minimum Gasteiger partial charge on any atom is -0.389 e. The van der Waals surface area contributed by atoms with Crippen LogP contribution in [0.25, 0.3) is 0 Å². The monoisotopic (exact) mass is 241 g/mol. The van der Waals surface area contributed by atoms with E-state index in [1.165, 1.54) is 12.1 Å². The minimum atomic E-state index is -0.789. The number of aliphatic hydroxyl groups is 1. The molecule has 0 saturated heterocycles. The zero-order chi connectivity index (χ0) is 13.5. The number of rotatable bonds is 4. The van der Waals surface area contributed by atoms with Crippen molar-refractivity contribution < 1.29 is 9.50 Å². The Balaban J connectivity index is 0.00000121. The van der Waals surface area contributed by atoms with Crippen LogP contribution in [0.3, 0.4) is 0 Å². The smallest absolute Gasteiger partial charge is 0.123 e. The van der Waals surface area contributed by atoms with Crippen molar-refractivity contribution in [3.05, 3.63) is 35.6 Å². The van der Waals surface area contributed by atoms with E-state index in [0.717, 1.165) is 5.56 Å². The summed E-state index contributed by atoms with van der Waals surface area (Å²) < 4.78 is 12.7. The third kappa shape index (κ3) is 5.80. The normalized spacial score (nSPS) is 12.6. The standard InChI is InChI=1S/C12H18FNO.C2H6/c1-12(2,15)11(14-3)8-9-4-6-10(13)7-5-9;1-2/h4-7,11,14-15H,8H2,1-3H3;1-2H3. The van der Waals surface area contributed by atoms with Crippen LogP contribution in [0.4, 0.5) is 4.39 Å². The number of hydrogen-bond donors (Lipinski definition) is 2. The number of hydrogen-bond acceptors (Lipinski definition) is 2. The second-order valence-corrected chi connectivity index (χ2v) is 4.33. The van der Waals surface area contributed by atoms with Gasteiger partial charge in [0.2, 0.25) is 0 Å². The number of nitrogens with one attached hydrogen (secondary N) is 1. The van der Waals surface area contributed by atoms with Gasteiger partial charge in [-0.15, -0.1) is 0 Å². The van der Waals surface area contributed by atoms with Crippen LogP contribution >= 0.6 is 0 Å². The second-order valence-electron chi connectivity index (χ2n) is 4.33. The van der Waals surface area contributed by atoms with Crippen molar-refractivity contribution in [1.82, 2.24) is 5.32 Å². The van der Waals surface area contributed by atoms with Gasteiger partial charge in [0.25, 0.3) is 0 Å². The minimum absolute atomic E-state index is 0.0389. The predicted octanol–water partition coefficient (Wildman–Crippen LogP) is 2.75. The molecular formula is C14H24FNO. The van der Waals surface area contributed by atoms with Gasteiger partial charge in [-0.3, -0.25) is 0 Å². The molecule has 98 valence electrons. The Bertz CT molecular complexity index is 303. The fourth-order valence-corrected chi connectivity index (χ4v) is 1.56. The van der Waals surface area contributed by atoms with Gasteiger partial charge in [-0.05, 0) is 45.0 Å². The Labute approximate surface area is 104 Å². The van der Waals surface area contributed by atoms with Crippen molar-refractivity contribution >= 4 is 0 Å². The molecule has 1 atom stereocenters. The Morgan fingerprint density at radius 3 is 2.06 bits per heavy atom. The first-order valence-corrected chi connectivity index (χ1v) is 6.07. The van der Waals surface area contributed by atoms with Crippen LogP contribution in [0, 0.1) is 5.82 Å². The van der Waals surface area contributed by atoms with E-state index >= 15 is 0 Å². The van der Waals surface area contributed by atoms with Crippen LogP contribution in [0.5, 0.6) is 0 Å². The first-order chi connectivity index (χ1) is 7.93. The summed E-state index contributed by atoms with van der Waals surface area (Å²) in [5.41, 5.74) is 0.223. The average molecular weight is 241 g/mol. The van der Waals surface area contributed by atoms with Gasteiger partial charge in [0.05, 0.1) is 5.60 Å². The van der Waals surface area contributed by atoms with Crippen LogP contribution in [0.15, 0.2) is 24.3 Å². The molecule has 0 spiro atoms. The molecule has 1 rings (SSSR count). The highest BCUT2D eigenvalue weighted by molar-refractivity contribution is 5.18. The molecule has 1 unspecified atom stereocenters. The Morgan fingerprint density at radius 2 is 1.71 bits per heavy atom. The SMILES string of the molecule is CC.CNC(Cc1ccc(F)cc1)C(C)(C)O. The van der Waals surface area contributed by atoms with Crippen molar-refractivity contribution in [3.63, 3.8) is 0 Å². The van der Waals surface area contributed by atoms with Crippen LogP contribution in [-0.2, 0) is 6.42 Å². The lowest BCUT2D eigenvalue weighted by atomic mass is 9.93. The van der Waals surface area contributed by atoms with E-state index in [4.69, 9.17) is 0 Å². The summed E-state index contributed by atoms with van der Waals surface area (Å²) in [6, 6.07) is 6.32. The molecule has 0 aliphatic rings. The summed E-state index contributed by atoms with van der Waals surface area (Å²) in [6.07, 6.45) is 0.681. The fourth-order valence-electron chi connectivity index (χ4n) is 1.56. The highest BCUT2D eigenvalue weighted by atomic mass is 19.1.